The zero-order valence-corrected chi connectivity index (χ0v) is 13.1. The molecule has 4 heteroatoms. The number of carbonyl (C=O) groups excluding carboxylic acids is 1. The SMILES string of the molecule is Cn1ccc([C@H]2CCCCCN2C(=O)C2CCCCC2)n1. The summed E-state index contributed by atoms with van der Waals surface area (Å²) in [4.78, 5) is 15.1. The molecule has 1 aliphatic heterocycles. The molecule has 1 aromatic rings. The van der Waals surface area contributed by atoms with Crippen molar-refractivity contribution >= 4 is 5.91 Å². The van der Waals surface area contributed by atoms with Crippen molar-refractivity contribution in [2.45, 2.75) is 63.8 Å². The number of aryl methyl sites for hydroxylation is 1. The first-order chi connectivity index (χ1) is 10.3. The van der Waals surface area contributed by atoms with E-state index in [-0.39, 0.29) is 12.0 Å². The summed E-state index contributed by atoms with van der Waals surface area (Å²) in [6, 6.07) is 2.28. The smallest absolute Gasteiger partial charge is 0.226 e. The molecule has 1 atom stereocenters. The first-order valence-corrected chi connectivity index (χ1v) is 8.56. The van der Waals surface area contributed by atoms with Crippen molar-refractivity contribution in [1.29, 1.82) is 0 Å². The maximum absolute atomic E-state index is 13.0. The maximum Gasteiger partial charge on any atom is 0.226 e. The van der Waals surface area contributed by atoms with E-state index in [0.717, 1.165) is 37.9 Å². The summed E-state index contributed by atoms with van der Waals surface area (Å²) >= 11 is 0. The Balaban J connectivity index is 1.79. The highest BCUT2D eigenvalue weighted by Crippen LogP contribution is 2.33. The van der Waals surface area contributed by atoms with Crippen molar-refractivity contribution in [3.8, 4) is 0 Å². The first kappa shape index (κ1) is 14.6. The third kappa shape index (κ3) is 3.30. The van der Waals surface area contributed by atoms with Crippen molar-refractivity contribution in [3.05, 3.63) is 18.0 Å². The quantitative estimate of drug-likeness (QED) is 0.836. The molecule has 1 saturated heterocycles. The number of amides is 1. The van der Waals surface area contributed by atoms with Crippen LogP contribution in [0.25, 0.3) is 0 Å². The van der Waals surface area contributed by atoms with Gasteiger partial charge >= 0.3 is 0 Å². The first-order valence-electron chi connectivity index (χ1n) is 8.56. The molecule has 0 N–H and O–H groups in total. The minimum absolute atomic E-state index is 0.197. The van der Waals surface area contributed by atoms with Gasteiger partial charge in [-0.2, -0.15) is 5.10 Å². The maximum atomic E-state index is 13.0. The summed E-state index contributed by atoms with van der Waals surface area (Å²) < 4.78 is 1.85. The molecule has 0 bridgehead atoms. The lowest BCUT2D eigenvalue weighted by Crippen LogP contribution is -2.39. The molecule has 4 nitrogen and oxygen atoms in total. The van der Waals surface area contributed by atoms with Gasteiger partial charge in [0.1, 0.15) is 0 Å². The predicted molar refractivity (Wildman–Crippen MR) is 82.7 cm³/mol. The van der Waals surface area contributed by atoms with Crippen LogP contribution in [0.2, 0.25) is 0 Å². The molecule has 2 aliphatic rings. The Morgan fingerprint density at radius 1 is 1.10 bits per heavy atom. The number of aromatic nitrogens is 2. The second-order valence-electron chi connectivity index (χ2n) is 6.65. The molecular weight excluding hydrogens is 262 g/mol. The van der Waals surface area contributed by atoms with Gasteiger partial charge in [-0.05, 0) is 31.7 Å². The Bertz CT molecular complexity index is 476. The highest BCUT2D eigenvalue weighted by Gasteiger charge is 2.32. The fourth-order valence-electron chi connectivity index (χ4n) is 3.87. The zero-order valence-electron chi connectivity index (χ0n) is 13.1. The van der Waals surface area contributed by atoms with Crippen LogP contribution in [0.1, 0.15) is 69.5 Å². The number of hydrogen-bond donors (Lipinski definition) is 0. The van der Waals surface area contributed by atoms with Gasteiger partial charge in [-0.3, -0.25) is 9.48 Å². The van der Waals surface area contributed by atoms with Crippen LogP contribution in [0.3, 0.4) is 0 Å². The summed E-state index contributed by atoms with van der Waals surface area (Å²) in [6.45, 7) is 0.913. The van der Waals surface area contributed by atoms with Crippen molar-refractivity contribution < 1.29 is 4.79 Å². The molecule has 1 aromatic heterocycles. The Morgan fingerprint density at radius 3 is 2.52 bits per heavy atom. The van der Waals surface area contributed by atoms with E-state index in [1.807, 2.05) is 17.9 Å². The van der Waals surface area contributed by atoms with Crippen LogP contribution in [0.5, 0.6) is 0 Å². The normalized spacial score (nSPS) is 24.8. The molecule has 0 radical (unpaired) electrons. The summed E-state index contributed by atoms with van der Waals surface area (Å²) in [5, 5.41) is 4.58. The molecule has 1 aliphatic carbocycles. The largest absolute Gasteiger partial charge is 0.334 e. The van der Waals surface area contributed by atoms with E-state index in [1.54, 1.807) is 0 Å². The van der Waals surface area contributed by atoms with Crippen molar-refractivity contribution in [2.75, 3.05) is 6.54 Å². The molecule has 1 saturated carbocycles. The van der Waals surface area contributed by atoms with Crippen molar-refractivity contribution in [1.82, 2.24) is 14.7 Å². The van der Waals surface area contributed by atoms with E-state index in [0.29, 0.717) is 5.91 Å². The third-order valence-electron chi connectivity index (χ3n) is 5.07. The van der Waals surface area contributed by atoms with Gasteiger partial charge < -0.3 is 4.90 Å². The molecule has 3 rings (SSSR count). The summed E-state index contributed by atoms with van der Waals surface area (Å²) in [5.74, 6) is 0.662. The predicted octanol–water partition coefficient (Wildman–Crippen LogP) is 3.44. The minimum Gasteiger partial charge on any atom is -0.334 e. The third-order valence-corrected chi connectivity index (χ3v) is 5.07. The van der Waals surface area contributed by atoms with Crippen LogP contribution in [0, 0.1) is 5.92 Å². The average molecular weight is 289 g/mol. The lowest BCUT2D eigenvalue weighted by Gasteiger charge is -2.33. The second kappa shape index (κ2) is 6.63. The minimum atomic E-state index is 0.197. The fourth-order valence-corrected chi connectivity index (χ4v) is 3.87. The molecule has 1 amide bonds. The Hall–Kier alpha value is -1.32. The van der Waals surface area contributed by atoms with Gasteiger partial charge in [0, 0.05) is 25.7 Å². The van der Waals surface area contributed by atoms with E-state index in [2.05, 4.69) is 16.1 Å². The summed E-state index contributed by atoms with van der Waals surface area (Å²) in [7, 11) is 1.95. The zero-order chi connectivity index (χ0) is 14.7. The van der Waals surface area contributed by atoms with Crippen LogP contribution in [0.4, 0.5) is 0 Å². The fraction of sp³-hybridized carbons (Fsp3) is 0.765. The van der Waals surface area contributed by atoms with E-state index < -0.39 is 0 Å². The van der Waals surface area contributed by atoms with Crippen molar-refractivity contribution in [2.24, 2.45) is 13.0 Å². The highest BCUT2D eigenvalue weighted by atomic mass is 16.2. The number of nitrogens with zero attached hydrogens (tertiary/aromatic N) is 3. The number of hydrogen-bond acceptors (Lipinski definition) is 2. The van der Waals surface area contributed by atoms with Gasteiger partial charge in [0.05, 0.1) is 11.7 Å². The summed E-state index contributed by atoms with van der Waals surface area (Å²) in [6.07, 6.45) is 12.5. The molecular formula is C17H27N3O. The van der Waals surface area contributed by atoms with Gasteiger partial charge in [-0.15, -0.1) is 0 Å². The van der Waals surface area contributed by atoms with E-state index >= 15 is 0 Å². The molecule has 21 heavy (non-hydrogen) atoms. The second-order valence-corrected chi connectivity index (χ2v) is 6.65. The Morgan fingerprint density at radius 2 is 1.81 bits per heavy atom. The monoisotopic (exact) mass is 289 g/mol. The van der Waals surface area contributed by atoms with E-state index in [4.69, 9.17) is 0 Å². The lowest BCUT2D eigenvalue weighted by molar-refractivity contribution is -0.139. The number of likely N-dealkylation sites (tertiary alicyclic amines) is 1. The van der Waals surface area contributed by atoms with Crippen LogP contribution in [0.15, 0.2) is 12.3 Å². The van der Waals surface area contributed by atoms with Crippen LogP contribution >= 0.6 is 0 Å². The van der Waals surface area contributed by atoms with Crippen molar-refractivity contribution in [3.63, 3.8) is 0 Å². The van der Waals surface area contributed by atoms with Crippen LogP contribution in [-0.4, -0.2) is 27.1 Å². The van der Waals surface area contributed by atoms with E-state index in [1.165, 1.54) is 32.1 Å². The van der Waals surface area contributed by atoms with Crippen LogP contribution < -0.4 is 0 Å². The van der Waals surface area contributed by atoms with Gasteiger partial charge in [0.15, 0.2) is 0 Å². The van der Waals surface area contributed by atoms with Crippen LogP contribution in [-0.2, 0) is 11.8 Å². The van der Waals surface area contributed by atoms with Gasteiger partial charge in [0.2, 0.25) is 5.91 Å². The molecule has 0 unspecified atom stereocenters. The van der Waals surface area contributed by atoms with Gasteiger partial charge in [-0.25, -0.2) is 0 Å². The van der Waals surface area contributed by atoms with Gasteiger partial charge in [0.25, 0.3) is 0 Å². The Labute approximate surface area is 127 Å². The van der Waals surface area contributed by atoms with E-state index in [9.17, 15) is 4.79 Å². The molecule has 0 aromatic carbocycles. The number of rotatable bonds is 2. The summed E-state index contributed by atoms with van der Waals surface area (Å²) in [5.41, 5.74) is 1.07. The standard InChI is InChI=1S/C17H27N3O/c1-19-13-11-15(18-19)16-10-6-3-7-12-20(16)17(21)14-8-4-2-5-9-14/h11,13-14,16H,2-10,12H2,1H3/t16-/m1/s1. The lowest BCUT2D eigenvalue weighted by atomic mass is 9.87. The Kier molecular flexibility index (Phi) is 4.61. The average Bonchev–Trinajstić information content (AvgIpc) is 2.80. The molecule has 0 spiro atoms. The molecule has 2 heterocycles. The van der Waals surface area contributed by atoms with Gasteiger partial charge in [-0.1, -0.05) is 32.1 Å². The highest BCUT2D eigenvalue weighted by molar-refractivity contribution is 5.79. The molecule has 116 valence electrons. The molecule has 2 fully saturated rings. The number of carbonyl (C=O) groups is 1. The topological polar surface area (TPSA) is 38.1 Å².